The molecule has 3 aromatic rings. The maximum absolute atomic E-state index is 5.87. The van der Waals surface area contributed by atoms with E-state index < -0.39 is 0 Å². The molecule has 0 bridgehead atoms. The lowest BCUT2D eigenvalue weighted by Crippen LogP contribution is -2.03. The third-order valence-corrected chi connectivity index (χ3v) is 2.80. The van der Waals surface area contributed by atoms with Crippen molar-refractivity contribution >= 4 is 28.3 Å². The number of hydrogen-bond acceptors (Lipinski definition) is 4. The van der Waals surface area contributed by atoms with E-state index in [0.29, 0.717) is 11.5 Å². The van der Waals surface area contributed by atoms with Gasteiger partial charge in [-0.1, -0.05) is 23.7 Å². The highest BCUT2D eigenvalue weighted by molar-refractivity contribution is 6.32. The number of nitrogens with two attached hydrogens (primary N) is 1. The Kier molecular flexibility index (Phi) is 2.19. The molecule has 0 spiro atoms. The molecule has 0 aliphatic rings. The van der Waals surface area contributed by atoms with Gasteiger partial charge >= 0.3 is 0 Å². The first-order chi connectivity index (χ1) is 8.27. The molecule has 2 aromatic heterocycles. The van der Waals surface area contributed by atoms with E-state index >= 15 is 0 Å². The molecule has 6 heteroatoms. The van der Waals surface area contributed by atoms with Crippen molar-refractivity contribution in [1.29, 1.82) is 0 Å². The van der Waals surface area contributed by atoms with E-state index in [1.54, 1.807) is 10.9 Å². The topological polar surface area (TPSA) is 69.6 Å². The first kappa shape index (κ1) is 10.0. The summed E-state index contributed by atoms with van der Waals surface area (Å²) in [5.74, 6) is 0.540. The quantitative estimate of drug-likeness (QED) is 0.666. The van der Waals surface area contributed by atoms with Gasteiger partial charge in [-0.3, -0.25) is 4.57 Å². The molecule has 2 heterocycles. The van der Waals surface area contributed by atoms with Crippen LogP contribution in [0.3, 0.4) is 0 Å². The third kappa shape index (κ3) is 1.52. The minimum Gasteiger partial charge on any atom is -0.393 e. The highest BCUT2D eigenvalue weighted by Crippen LogP contribution is 2.24. The summed E-state index contributed by atoms with van der Waals surface area (Å²) in [5.41, 5.74) is 8.01. The molecular weight excluding hydrogens is 238 g/mol. The van der Waals surface area contributed by atoms with Crippen LogP contribution in [-0.2, 0) is 0 Å². The summed E-state index contributed by atoms with van der Waals surface area (Å²) >= 11 is 5.87. The molecule has 17 heavy (non-hydrogen) atoms. The van der Waals surface area contributed by atoms with Gasteiger partial charge in [-0.15, -0.1) is 0 Å². The van der Waals surface area contributed by atoms with E-state index in [1.165, 1.54) is 6.33 Å². The molecule has 3 rings (SSSR count). The molecule has 0 fully saturated rings. The van der Waals surface area contributed by atoms with Gasteiger partial charge in [0.15, 0.2) is 11.0 Å². The number of benzene rings is 1. The number of para-hydroxylation sites is 2. The van der Waals surface area contributed by atoms with Gasteiger partial charge in [-0.05, 0) is 12.1 Å². The van der Waals surface area contributed by atoms with E-state index in [4.69, 9.17) is 17.3 Å². The van der Waals surface area contributed by atoms with Crippen molar-refractivity contribution in [2.45, 2.75) is 0 Å². The largest absolute Gasteiger partial charge is 0.393 e. The highest BCUT2D eigenvalue weighted by Gasteiger charge is 2.10. The van der Waals surface area contributed by atoms with Crippen molar-refractivity contribution < 1.29 is 0 Å². The average Bonchev–Trinajstić information content (AvgIpc) is 2.77. The van der Waals surface area contributed by atoms with Crippen molar-refractivity contribution in [1.82, 2.24) is 19.5 Å². The van der Waals surface area contributed by atoms with Gasteiger partial charge in [0.25, 0.3) is 0 Å². The minimum atomic E-state index is 0.243. The van der Waals surface area contributed by atoms with Crippen molar-refractivity contribution in [2.75, 3.05) is 5.73 Å². The number of imidazole rings is 1. The summed E-state index contributed by atoms with van der Waals surface area (Å²) in [7, 11) is 0. The Morgan fingerprint density at radius 3 is 2.82 bits per heavy atom. The fourth-order valence-corrected chi connectivity index (χ4v) is 1.81. The summed E-state index contributed by atoms with van der Waals surface area (Å²) in [5, 5.41) is 0.243. The molecule has 0 aliphatic carbocycles. The van der Waals surface area contributed by atoms with Gasteiger partial charge in [0.1, 0.15) is 18.3 Å². The van der Waals surface area contributed by atoms with Crippen LogP contribution in [0.4, 0.5) is 5.69 Å². The lowest BCUT2D eigenvalue weighted by molar-refractivity contribution is 1.00. The Balaban J connectivity index is 2.31. The minimum absolute atomic E-state index is 0.243. The van der Waals surface area contributed by atoms with Crippen LogP contribution in [0.2, 0.25) is 5.15 Å². The number of fused-ring (bicyclic) bond motifs is 1. The van der Waals surface area contributed by atoms with Gasteiger partial charge in [-0.2, -0.15) is 0 Å². The molecule has 2 N–H and O–H groups in total. The van der Waals surface area contributed by atoms with E-state index in [-0.39, 0.29) is 5.15 Å². The zero-order valence-corrected chi connectivity index (χ0v) is 9.46. The fraction of sp³-hybridized carbons (Fsp3) is 0. The molecule has 0 aliphatic heterocycles. The van der Waals surface area contributed by atoms with E-state index in [9.17, 15) is 0 Å². The van der Waals surface area contributed by atoms with Crippen LogP contribution >= 0.6 is 11.6 Å². The molecule has 0 radical (unpaired) electrons. The lowest BCUT2D eigenvalue weighted by Gasteiger charge is -2.06. The monoisotopic (exact) mass is 245 g/mol. The number of anilines is 1. The van der Waals surface area contributed by atoms with E-state index in [2.05, 4.69) is 15.0 Å². The highest BCUT2D eigenvalue weighted by atomic mass is 35.5. The maximum atomic E-state index is 5.87. The maximum Gasteiger partial charge on any atom is 0.166 e. The van der Waals surface area contributed by atoms with Crippen LogP contribution in [0.5, 0.6) is 0 Å². The second-order valence-corrected chi connectivity index (χ2v) is 3.86. The first-order valence-corrected chi connectivity index (χ1v) is 5.33. The number of hydrogen-bond donors (Lipinski definition) is 1. The lowest BCUT2D eigenvalue weighted by atomic mass is 10.3. The zero-order chi connectivity index (χ0) is 11.8. The SMILES string of the molecule is Nc1c(Cl)ncnc1-n1cnc2ccccc21. The Bertz CT molecular complexity index is 691. The van der Waals surface area contributed by atoms with Crippen molar-refractivity contribution in [2.24, 2.45) is 0 Å². The summed E-state index contributed by atoms with van der Waals surface area (Å²) in [6, 6.07) is 7.72. The van der Waals surface area contributed by atoms with Gasteiger partial charge in [0.05, 0.1) is 11.0 Å². The van der Waals surface area contributed by atoms with Crippen LogP contribution in [0.15, 0.2) is 36.9 Å². The van der Waals surface area contributed by atoms with Crippen molar-refractivity contribution in [3.8, 4) is 5.82 Å². The van der Waals surface area contributed by atoms with Crippen LogP contribution in [0, 0.1) is 0 Å². The fourth-order valence-electron chi connectivity index (χ4n) is 1.69. The van der Waals surface area contributed by atoms with Crippen molar-refractivity contribution in [3.63, 3.8) is 0 Å². The van der Waals surface area contributed by atoms with Gasteiger partial charge in [0, 0.05) is 0 Å². The normalized spacial score (nSPS) is 10.9. The van der Waals surface area contributed by atoms with Crippen LogP contribution in [0.25, 0.3) is 16.9 Å². The second kappa shape index (κ2) is 3.71. The molecule has 1 aromatic carbocycles. The molecule has 0 saturated heterocycles. The van der Waals surface area contributed by atoms with Gasteiger partial charge < -0.3 is 5.73 Å². The standard InChI is InChI=1S/C11H8ClN5/c12-10-9(13)11(15-5-14-10)17-6-16-7-3-1-2-4-8(7)17/h1-6H,13H2. The Morgan fingerprint density at radius 2 is 1.94 bits per heavy atom. The molecular formula is C11H8ClN5. The summed E-state index contributed by atoms with van der Waals surface area (Å²) in [6.07, 6.45) is 3.04. The summed E-state index contributed by atoms with van der Waals surface area (Å²) < 4.78 is 1.79. The number of rotatable bonds is 1. The number of nitrogen functional groups attached to an aromatic ring is 1. The number of halogens is 1. The van der Waals surface area contributed by atoms with E-state index in [0.717, 1.165) is 11.0 Å². The summed E-state index contributed by atoms with van der Waals surface area (Å²) in [4.78, 5) is 12.2. The van der Waals surface area contributed by atoms with Crippen molar-refractivity contribution in [3.05, 3.63) is 42.1 Å². The van der Waals surface area contributed by atoms with Gasteiger partial charge in [-0.25, -0.2) is 15.0 Å². The predicted octanol–water partition coefficient (Wildman–Crippen LogP) is 2.05. The van der Waals surface area contributed by atoms with Crippen LogP contribution in [-0.4, -0.2) is 19.5 Å². The third-order valence-electron chi connectivity index (χ3n) is 2.50. The zero-order valence-electron chi connectivity index (χ0n) is 8.71. The predicted molar refractivity (Wildman–Crippen MR) is 66.1 cm³/mol. The van der Waals surface area contributed by atoms with Crippen LogP contribution < -0.4 is 5.73 Å². The Labute approximate surface area is 102 Å². The first-order valence-electron chi connectivity index (χ1n) is 4.96. The van der Waals surface area contributed by atoms with Crippen LogP contribution in [0.1, 0.15) is 0 Å². The van der Waals surface area contributed by atoms with E-state index in [1.807, 2.05) is 24.3 Å². The molecule has 0 atom stereocenters. The summed E-state index contributed by atoms with van der Waals surface area (Å²) in [6.45, 7) is 0. The van der Waals surface area contributed by atoms with Gasteiger partial charge in [0.2, 0.25) is 0 Å². The molecule has 5 nitrogen and oxygen atoms in total. The number of aromatic nitrogens is 4. The Hall–Kier alpha value is -2.14. The molecule has 0 saturated carbocycles. The smallest absolute Gasteiger partial charge is 0.166 e. The molecule has 0 unspecified atom stereocenters. The number of nitrogens with zero attached hydrogens (tertiary/aromatic N) is 4. The molecule has 0 amide bonds. The molecule has 84 valence electrons. The average molecular weight is 246 g/mol. The Morgan fingerprint density at radius 1 is 1.12 bits per heavy atom. The second-order valence-electron chi connectivity index (χ2n) is 3.51.